The number of aliphatic hydroxyl groups is 1. The molecule has 0 unspecified atom stereocenters. The Hall–Kier alpha value is -4.38. The molecule has 6 rings (SSSR count). The molecule has 5 atom stereocenters. The number of amides is 1. The van der Waals surface area contributed by atoms with Crippen LogP contribution >= 0.6 is 0 Å². The molecule has 2 aliphatic rings. The molecule has 51 heavy (non-hydrogen) atoms. The van der Waals surface area contributed by atoms with Gasteiger partial charge in [-0.1, -0.05) is 97.9 Å². The Bertz CT molecular complexity index is 1740. The number of hydrogen-bond acceptors (Lipinski definition) is 8. The molecule has 0 spiro atoms. The lowest BCUT2D eigenvalue weighted by atomic mass is 9.89. The molecule has 0 radical (unpaired) electrons. The summed E-state index contributed by atoms with van der Waals surface area (Å²) in [5.41, 5.74) is 7.15. The van der Waals surface area contributed by atoms with Crippen molar-refractivity contribution in [3.05, 3.63) is 131 Å². The third-order valence-corrected chi connectivity index (χ3v) is 9.87. The predicted octanol–water partition coefficient (Wildman–Crippen LogP) is 6.02. The first-order valence-corrected chi connectivity index (χ1v) is 17.9. The fourth-order valence-corrected chi connectivity index (χ4v) is 6.92. The number of benzene rings is 4. The van der Waals surface area contributed by atoms with E-state index in [1.807, 2.05) is 42.5 Å². The highest BCUT2D eigenvalue weighted by molar-refractivity contribution is 5.82. The molecule has 2 N–H and O–H groups in total. The van der Waals surface area contributed by atoms with Gasteiger partial charge in [0, 0.05) is 64.2 Å². The van der Waals surface area contributed by atoms with E-state index in [1.54, 1.807) is 6.92 Å². The Labute approximate surface area is 301 Å². The minimum Gasteiger partial charge on any atom is -0.453 e. The largest absolute Gasteiger partial charge is 0.453 e. The summed E-state index contributed by atoms with van der Waals surface area (Å²) in [4.78, 5) is 28.7. The Kier molecular flexibility index (Phi) is 12.3. The average molecular weight is 692 g/mol. The fourth-order valence-electron chi connectivity index (χ4n) is 6.92. The number of piperazine rings is 1. The van der Waals surface area contributed by atoms with Crippen LogP contribution in [0.4, 0.5) is 0 Å². The maximum absolute atomic E-state index is 12.4. The zero-order valence-electron chi connectivity index (χ0n) is 29.7. The van der Waals surface area contributed by atoms with E-state index in [2.05, 4.69) is 82.7 Å². The first kappa shape index (κ1) is 36.4. The van der Waals surface area contributed by atoms with Crippen molar-refractivity contribution in [2.45, 2.75) is 65.1 Å². The zero-order chi connectivity index (χ0) is 35.7. The number of aliphatic hydroxyl groups excluding tert-OH is 1. The quantitative estimate of drug-likeness (QED) is 0.174. The molecule has 268 valence electrons. The van der Waals surface area contributed by atoms with Gasteiger partial charge in [-0.05, 0) is 52.4 Å². The number of ether oxygens (including phenoxy) is 3. The maximum atomic E-state index is 12.4. The number of rotatable bonds is 12. The fraction of sp³-hybridized carbons (Fsp3) is 0.381. The van der Waals surface area contributed by atoms with Gasteiger partial charge in [-0.3, -0.25) is 19.4 Å². The molecule has 2 saturated heterocycles. The number of carbonyl (C=O) groups is 2. The van der Waals surface area contributed by atoms with Crippen LogP contribution in [0.2, 0.25) is 0 Å². The van der Waals surface area contributed by atoms with Crippen molar-refractivity contribution >= 4 is 11.9 Å². The van der Waals surface area contributed by atoms with E-state index >= 15 is 0 Å². The van der Waals surface area contributed by atoms with Crippen molar-refractivity contribution in [3.8, 4) is 11.1 Å². The summed E-state index contributed by atoms with van der Waals surface area (Å²) in [5.74, 6) is -0.737. The molecule has 4 aromatic carbocycles. The zero-order valence-corrected chi connectivity index (χ0v) is 29.7. The van der Waals surface area contributed by atoms with E-state index in [0.717, 1.165) is 72.6 Å². The summed E-state index contributed by atoms with van der Waals surface area (Å²) < 4.78 is 18.6. The minimum atomic E-state index is -0.856. The van der Waals surface area contributed by atoms with Crippen molar-refractivity contribution in [1.29, 1.82) is 0 Å². The first-order chi connectivity index (χ1) is 24.7. The molecule has 4 aromatic rings. The smallest absolute Gasteiger partial charge is 0.303 e. The summed E-state index contributed by atoms with van der Waals surface area (Å²) in [6.45, 7) is 11.1. The molecule has 2 fully saturated rings. The lowest BCUT2D eigenvalue weighted by Crippen LogP contribution is -2.51. The summed E-state index contributed by atoms with van der Waals surface area (Å²) in [6, 6.07) is 35.0. The summed E-state index contributed by atoms with van der Waals surface area (Å²) in [6.07, 6.45) is -1.67. The monoisotopic (exact) mass is 691 g/mol. The van der Waals surface area contributed by atoms with Gasteiger partial charge < -0.3 is 24.6 Å². The van der Waals surface area contributed by atoms with Crippen LogP contribution in [0.5, 0.6) is 0 Å². The highest BCUT2D eigenvalue weighted by Gasteiger charge is 2.39. The van der Waals surface area contributed by atoms with Gasteiger partial charge in [-0.15, -0.1) is 0 Å². The number of hydrogen-bond donors (Lipinski definition) is 2. The van der Waals surface area contributed by atoms with E-state index < -0.39 is 18.4 Å². The molecule has 2 heterocycles. The molecular weight excluding hydrogens is 642 g/mol. The van der Waals surface area contributed by atoms with Crippen LogP contribution in [-0.4, -0.2) is 71.7 Å². The summed E-state index contributed by atoms with van der Waals surface area (Å²) >= 11 is 0. The Balaban J connectivity index is 1.17. The Morgan fingerprint density at radius 3 is 2.18 bits per heavy atom. The molecule has 9 nitrogen and oxygen atoms in total. The van der Waals surface area contributed by atoms with Gasteiger partial charge in [0.25, 0.3) is 5.91 Å². The third kappa shape index (κ3) is 9.70. The van der Waals surface area contributed by atoms with Gasteiger partial charge in [-0.25, -0.2) is 0 Å². The molecule has 0 aromatic heterocycles. The second kappa shape index (κ2) is 17.2. The highest BCUT2D eigenvalue weighted by atomic mass is 16.7. The van der Waals surface area contributed by atoms with Gasteiger partial charge in [0.2, 0.25) is 0 Å². The van der Waals surface area contributed by atoms with Crippen LogP contribution < -0.4 is 5.32 Å². The van der Waals surface area contributed by atoms with E-state index in [1.165, 1.54) is 12.5 Å². The van der Waals surface area contributed by atoms with E-state index in [9.17, 15) is 14.7 Å². The molecule has 0 aliphatic carbocycles. The number of carbonyl (C=O) groups excluding carboxylic acids is 2. The minimum absolute atomic E-state index is 0.000263. The van der Waals surface area contributed by atoms with Crippen molar-refractivity contribution in [2.24, 2.45) is 5.92 Å². The molecule has 9 heteroatoms. The second-order valence-corrected chi connectivity index (χ2v) is 13.7. The van der Waals surface area contributed by atoms with Crippen molar-refractivity contribution in [1.82, 2.24) is 15.1 Å². The Morgan fingerprint density at radius 2 is 1.47 bits per heavy atom. The van der Waals surface area contributed by atoms with Gasteiger partial charge in [0.05, 0.1) is 18.8 Å². The molecule has 2 aliphatic heterocycles. The highest BCUT2D eigenvalue weighted by Crippen LogP contribution is 2.42. The van der Waals surface area contributed by atoms with Crippen LogP contribution in [-0.2, 0) is 43.5 Å². The van der Waals surface area contributed by atoms with E-state index in [-0.39, 0.29) is 30.6 Å². The predicted molar refractivity (Wildman–Crippen MR) is 196 cm³/mol. The van der Waals surface area contributed by atoms with Gasteiger partial charge in [0.1, 0.15) is 0 Å². The number of nitrogens with zero attached hydrogens (tertiary/aromatic N) is 2. The van der Waals surface area contributed by atoms with Crippen LogP contribution in [0.15, 0.2) is 103 Å². The summed E-state index contributed by atoms with van der Waals surface area (Å²) in [7, 11) is 0. The lowest BCUT2D eigenvalue weighted by molar-refractivity contribution is -0.276. The standard InChI is InChI=1S/C42H49N3O6/c1-29-39(27-45-21-19-44(20-22-45)26-32-9-5-4-6-10-32)50-42(51-40(29)35-17-15-33(28-46)16-18-35)38-14-8-13-37(24-38)36-12-7-11-34(23-36)25-43-41(48)30(2)49-31(3)47/h4-18,23-24,29-30,39-40,42,46H,19-22,25-28H2,1-3H3,(H,43,48)/t29-,30+,39+,40+,42+/m1/s1. The lowest BCUT2D eigenvalue weighted by Gasteiger charge is -2.44. The molecular formula is C42H49N3O6. The molecule has 0 saturated carbocycles. The van der Waals surface area contributed by atoms with Crippen LogP contribution in [0.3, 0.4) is 0 Å². The van der Waals surface area contributed by atoms with Crippen molar-refractivity contribution in [3.63, 3.8) is 0 Å². The topological polar surface area (TPSA) is 101 Å². The average Bonchev–Trinajstić information content (AvgIpc) is 3.16. The van der Waals surface area contributed by atoms with Crippen molar-refractivity contribution in [2.75, 3.05) is 32.7 Å². The Morgan fingerprint density at radius 1 is 0.804 bits per heavy atom. The van der Waals surface area contributed by atoms with Crippen LogP contribution in [0.1, 0.15) is 61.0 Å². The SMILES string of the molecule is CC(=O)O[C@@H](C)C(=O)NCc1cccc(-c2cccc([C@H]3O[C@@H](CN4CCN(Cc5ccccc5)CC4)[C@@H](C)[C@@H](c4ccc(CO)cc4)O3)c2)c1. The van der Waals surface area contributed by atoms with Gasteiger partial charge in [-0.2, -0.15) is 0 Å². The first-order valence-electron chi connectivity index (χ1n) is 17.9. The van der Waals surface area contributed by atoms with Crippen molar-refractivity contribution < 1.29 is 28.9 Å². The van der Waals surface area contributed by atoms with E-state index in [4.69, 9.17) is 14.2 Å². The van der Waals surface area contributed by atoms with Crippen LogP contribution in [0, 0.1) is 5.92 Å². The normalized spacial score (nSPS) is 21.9. The summed E-state index contributed by atoms with van der Waals surface area (Å²) in [5, 5.41) is 12.5. The third-order valence-electron chi connectivity index (χ3n) is 9.87. The number of nitrogens with one attached hydrogen (secondary N) is 1. The van der Waals surface area contributed by atoms with E-state index in [0.29, 0.717) is 6.54 Å². The number of esters is 1. The van der Waals surface area contributed by atoms with Gasteiger partial charge >= 0.3 is 5.97 Å². The molecule has 1 amide bonds. The molecule has 0 bridgehead atoms. The second-order valence-electron chi connectivity index (χ2n) is 13.7. The maximum Gasteiger partial charge on any atom is 0.303 e. The van der Waals surface area contributed by atoms with Gasteiger partial charge in [0.15, 0.2) is 12.4 Å². The van der Waals surface area contributed by atoms with Crippen LogP contribution in [0.25, 0.3) is 11.1 Å².